The summed E-state index contributed by atoms with van der Waals surface area (Å²) < 4.78 is 12.9. The lowest BCUT2D eigenvalue weighted by molar-refractivity contribution is 0.627. The topological polar surface area (TPSA) is 0 Å². The Morgan fingerprint density at radius 2 is 2.14 bits per heavy atom. The molecule has 0 aliphatic heterocycles. The molecule has 14 heavy (non-hydrogen) atoms. The second kappa shape index (κ2) is 3.65. The molecule has 0 saturated heterocycles. The number of halogens is 1. The maximum absolute atomic E-state index is 12.9. The van der Waals surface area contributed by atoms with Crippen LogP contribution < -0.4 is 0 Å². The van der Waals surface area contributed by atoms with E-state index in [0.717, 1.165) is 11.1 Å². The van der Waals surface area contributed by atoms with Gasteiger partial charge in [0.05, 0.1) is 0 Å². The highest BCUT2D eigenvalue weighted by molar-refractivity contribution is 7.08. The maximum atomic E-state index is 12.9. The molecule has 2 rings (SSSR count). The van der Waals surface area contributed by atoms with Crippen molar-refractivity contribution < 1.29 is 4.39 Å². The van der Waals surface area contributed by atoms with Gasteiger partial charge in [-0.15, -0.1) is 6.42 Å². The van der Waals surface area contributed by atoms with Crippen molar-refractivity contribution >= 4 is 11.3 Å². The third-order valence-corrected chi connectivity index (χ3v) is 2.65. The average molecular weight is 202 g/mol. The van der Waals surface area contributed by atoms with Crippen LogP contribution in [0.25, 0.3) is 11.1 Å². The highest BCUT2D eigenvalue weighted by Crippen LogP contribution is 2.25. The number of rotatable bonds is 1. The first-order valence-electron chi connectivity index (χ1n) is 4.10. The van der Waals surface area contributed by atoms with Crippen molar-refractivity contribution in [2.24, 2.45) is 0 Å². The fourth-order valence-electron chi connectivity index (χ4n) is 1.31. The Morgan fingerprint density at radius 3 is 2.79 bits per heavy atom. The third kappa shape index (κ3) is 1.55. The molecule has 1 aromatic carbocycles. The maximum Gasteiger partial charge on any atom is 0.124 e. The summed E-state index contributed by atoms with van der Waals surface area (Å²) in [6.07, 6.45) is 5.31. The van der Waals surface area contributed by atoms with Gasteiger partial charge in [-0.25, -0.2) is 4.39 Å². The number of hydrogen-bond donors (Lipinski definition) is 0. The lowest BCUT2D eigenvalue weighted by atomic mass is 10.0. The SMILES string of the molecule is C#Cc1cc(F)ccc1-c1ccsc1. The fraction of sp³-hybridized carbons (Fsp3) is 0. The highest BCUT2D eigenvalue weighted by Gasteiger charge is 2.04. The van der Waals surface area contributed by atoms with Crippen LogP contribution in [0.5, 0.6) is 0 Å². The zero-order valence-corrected chi connectivity index (χ0v) is 8.14. The Kier molecular flexibility index (Phi) is 2.34. The van der Waals surface area contributed by atoms with Gasteiger partial charge >= 0.3 is 0 Å². The van der Waals surface area contributed by atoms with E-state index in [-0.39, 0.29) is 5.82 Å². The van der Waals surface area contributed by atoms with Crippen molar-refractivity contribution in [3.63, 3.8) is 0 Å². The molecule has 0 unspecified atom stereocenters. The highest BCUT2D eigenvalue weighted by atomic mass is 32.1. The molecule has 0 amide bonds. The van der Waals surface area contributed by atoms with E-state index in [9.17, 15) is 4.39 Å². The number of benzene rings is 1. The lowest BCUT2D eigenvalue weighted by Crippen LogP contribution is -1.84. The van der Waals surface area contributed by atoms with Gasteiger partial charge in [-0.1, -0.05) is 12.0 Å². The Bertz CT molecular complexity index is 478. The summed E-state index contributed by atoms with van der Waals surface area (Å²) >= 11 is 1.60. The van der Waals surface area contributed by atoms with E-state index in [1.54, 1.807) is 17.4 Å². The molecular formula is C12H7FS. The van der Waals surface area contributed by atoms with E-state index in [2.05, 4.69) is 5.92 Å². The summed E-state index contributed by atoms with van der Waals surface area (Å²) in [5.41, 5.74) is 2.56. The van der Waals surface area contributed by atoms with Gasteiger partial charge < -0.3 is 0 Å². The molecule has 68 valence electrons. The van der Waals surface area contributed by atoms with Crippen molar-refractivity contribution in [2.45, 2.75) is 0 Å². The van der Waals surface area contributed by atoms with E-state index in [1.165, 1.54) is 12.1 Å². The summed E-state index contributed by atoms with van der Waals surface area (Å²) in [7, 11) is 0. The van der Waals surface area contributed by atoms with E-state index in [1.807, 2.05) is 16.8 Å². The predicted octanol–water partition coefficient (Wildman–Crippen LogP) is 3.54. The van der Waals surface area contributed by atoms with Gasteiger partial charge in [0.25, 0.3) is 0 Å². The van der Waals surface area contributed by atoms with Gasteiger partial charge in [0.1, 0.15) is 5.82 Å². The first-order chi connectivity index (χ1) is 6.81. The van der Waals surface area contributed by atoms with Crippen molar-refractivity contribution in [3.8, 4) is 23.5 Å². The smallest absolute Gasteiger partial charge is 0.124 e. The Labute approximate surface area is 86.0 Å². The van der Waals surface area contributed by atoms with Crippen LogP contribution in [0.1, 0.15) is 5.56 Å². The van der Waals surface area contributed by atoms with E-state index >= 15 is 0 Å². The molecule has 0 bridgehead atoms. The average Bonchev–Trinajstić information content (AvgIpc) is 2.70. The molecule has 1 heterocycles. The van der Waals surface area contributed by atoms with Crippen molar-refractivity contribution in [3.05, 3.63) is 46.4 Å². The first kappa shape index (κ1) is 8.98. The van der Waals surface area contributed by atoms with Crippen molar-refractivity contribution in [1.82, 2.24) is 0 Å². The van der Waals surface area contributed by atoms with Crippen LogP contribution in [-0.2, 0) is 0 Å². The molecule has 0 aliphatic rings. The quantitative estimate of drug-likeness (QED) is 0.620. The summed E-state index contributed by atoms with van der Waals surface area (Å²) in [5, 5.41) is 3.97. The second-order valence-electron chi connectivity index (χ2n) is 2.85. The fourth-order valence-corrected chi connectivity index (χ4v) is 1.96. The van der Waals surface area contributed by atoms with Gasteiger partial charge in [-0.3, -0.25) is 0 Å². The van der Waals surface area contributed by atoms with Crippen molar-refractivity contribution in [2.75, 3.05) is 0 Å². The minimum atomic E-state index is -0.295. The van der Waals surface area contributed by atoms with Crippen LogP contribution in [0.15, 0.2) is 35.0 Å². The molecule has 0 nitrogen and oxygen atoms in total. The van der Waals surface area contributed by atoms with Crippen molar-refractivity contribution in [1.29, 1.82) is 0 Å². The van der Waals surface area contributed by atoms with Crippen LogP contribution in [0, 0.1) is 18.2 Å². The Hall–Kier alpha value is -1.59. The monoisotopic (exact) mass is 202 g/mol. The van der Waals surface area contributed by atoms with Crippen LogP contribution in [0.4, 0.5) is 4.39 Å². The molecule has 0 aliphatic carbocycles. The molecule has 0 fully saturated rings. The van der Waals surface area contributed by atoms with Gasteiger partial charge in [0.2, 0.25) is 0 Å². The van der Waals surface area contributed by atoms with Crippen LogP contribution in [-0.4, -0.2) is 0 Å². The van der Waals surface area contributed by atoms with E-state index in [0.29, 0.717) is 5.56 Å². The van der Waals surface area contributed by atoms with Gasteiger partial charge in [-0.05, 0) is 40.1 Å². The van der Waals surface area contributed by atoms with Gasteiger partial charge in [-0.2, -0.15) is 11.3 Å². The summed E-state index contributed by atoms with van der Waals surface area (Å²) in [6, 6.07) is 6.49. The third-order valence-electron chi connectivity index (χ3n) is 1.97. The molecule has 2 heteroatoms. The second-order valence-corrected chi connectivity index (χ2v) is 3.63. The molecule has 0 saturated carbocycles. The summed E-state index contributed by atoms with van der Waals surface area (Å²) in [6.45, 7) is 0. The van der Waals surface area contributed by atoms with E-state index < -0.39 is 0 Å². The zero-order valence-electron chi connectivity index (χ0n) is 7.33. The largest absolute Gasteiger partial charge is 0.207 e. The van der Waals surface area contributed by atoms with Crippen LogP contribution >= 0.6 is 11.3 Å². The summed E-state index contributed by atoms with van der Waals surface area (Å²) in [5.74, 6) is 2.19. The molecular weight excluding hydrogens is 195 g/mol. The predicted molar refractivity (Wildman–Crippen MR) is 57.6 cm³/mol. The lowest BCUT2D eigenvalue weighted by Gasteiger charge is -2.01. The number of thiophene rings is 1. The molecule has 0 radical (unpaired) electrons. The molecule has 0 N–H and O–H groups in total. The number of terminal acetylenes is 1. The molecule has 1 aromatic heterocycles. The molecule has 2 aromatic rings. The van der Waals surface area contributed by atoms with E-state index in [4.69, 9.17) is 6.42 Å². The van der Waals surface area contributed by atoms with Crippen LogP contribution in [0.3, 0.4) is 0 Å². The Balaban J connectivity index is 2.60. The van der Waals surface area contributed by atoms with Crippen LogP contribution in [0.2, 0.25) is 0 Å². The standard InChI is InChI=1S/C12H7FS/c1-2-9-7-11(13)3-4-12(9)10-5-6-14-8-10/h1,3-8H. The van der Waals surface area contributed by atoms with Gasteiger partial charge in [0.15, 0.2) is 0 Å². The summed E-state index contributed by atoms with van der Waals surface area (Å²) in [4.78, 5) is 0. The number of hydrogen-bond acceptors (Lipinski definition) is 1. The molecule has 0 atom stereocenters. The van der Waals surface area contributed by atoms with Gasteiger partial charge in [0, 0.05) is 5.56 Å². The minimum Gasteiger partial charge on any atom is -0.207 e. The molecule has 0 spiro atoms. The first-order valence-corrected chi connectivity index (χ1v) is 5.04. The zero-order chi connectivity index (χ0) is 9.97. The normalized spacial score (nSPS) is 9.71. The minimum absolute atomic E-state index is 0.295. The Morgan fingerprint density at radius 1 is 1.29 bits per heavy atom.